The van der Waals surface area contributed by atoms with Crippen LogP contribution in [0.25, 0.3) is 9.75 Å². The summed E-state index contributed by atoms with van der Waals surface area (Å²) in [5, 5.41) is 0.130. The van der Waals surface area contributed by atoms with Gasteiger partial charge in [-0.25, -0.2) is 8.78 Å². The Kier molecular flexibility index (Phi) is 2.32. The van der Waals surface area contributed by atoms with E-state index >= 15 is 0 Å². The molecule has 0 aromatic carbocycles. The molecule has 0 unspecified atom stereocenters. The number of hydrogen-bond acceptors (Lipinski definition) is 2. The van der Waals surface area contributed by atoms with Crippen molar-refractivity contribution < 1.29 is 17.6 Å². The minimum absolute atomic E-state index is 0.0738. The zero-order chi connectivity index (χ0) is 10.3. The van der Waals surface area contributed by atoms with Gasteiger partial charge < -0.3 is 0 Å². The van der Waals surface area contributed by atoms with E-state index in [1.807, 2.05) is 0 Å². The summed E-state index contributed by atoms with van der Waals surface area (Å²) >= 11 is 1.17. The summed E-state index contributed by atoms with van der Waals surface area (Å²) in [6.45, 7) is 0. The van der Waals surface area contributed by atoms with Crippen molar-refractivity contribution in [3.8, 4) is 9.75 Å². The van der Waals surface area contributed by atoms with E-state index in [1.54, 1.807) is 0 Å². The van der Waals surface area contributed by atoms with Gasteiger partial charge in [0.1, 0.15) is 5.82 Å². The highest BCUT2D eigenvalue weighted by Gasteiger charge is 2.22. The Morgan fingerprint density at radius 2 is 1.64 bits per heavy atom. The lowest BCUT2D eigenvalue weighted by molar-refractivity contribution is 0.468. The van der Waals surface area contributed by atoms with Crippen molar-refractivity contribution in [1.29, 1.82) is 0 Å². The SMILES string of the molecule is Fc1ccsc1-c1sc(F)c(F)c1F. The van der Waals surface area contributed by atoms with Gasteiger partial charge in [0.25, 0.3) is 0 Å². The molecule has 0 atom stereocenters. The molecule has 14 heavy (non-hydrogen) atoms. The lowest BCUT2D eigenvalue weighted by atomic mass is 10.3. The Balaban J connectivity index is 2.63. The van der Waals surface area contributed by atoms with Crippen molar-refractivity contribution in [2.75, 3.05) is 0 Å². The minimum Gasteiger partial charge on any atom is -0.205 e. The van der Waals surface area contributed by atoms with Crippen LogP contribution in [0.4, 0.5) is 17.6 Å². The second kappa shape index (κ2) is 3.36. The molecule has 6 heteroatoms. The molecule has 0 aliphatic carbocycles. The summed E-state index contributed by atoms with van der Waals surface area (Å²) in [5.74, 6) is -3.54. The van der Waals surface area contributed by atoms with Crippen LogP contribution in [0.15, 0.2) is 11.4 Å². The maximum atomic E-state index is 13.0. The molecule has 0 saturated heterocycles. The third-order valence-corrected chi connectivity index (χ3v) is 3.56. The topological polar surface area (TPSA) is 0 Å². The van der Waals surface area contributed by atoms with Gasteiger partial charge in [-0.3, -0.25) is 0 Å². The predicted molar refractivity (Wildman–Crippen MR) is 47.5 cm³/mol. The minimum atomic E-state index is -1.54. The van der Waals surface area contributed by atoms with E-state index in [4.69, 9.17) is 0 Å². The fourth-order valence-corrected chi connectivity index (χ4v) is 2.67. The normalized spacial score (nSPS) is 10.9. The Morgan fingerprint density at radius 1 is 0.929 bits per heavy atom. The quantitative estimate of drug-likeness (QED) is 0.658. The summed E-state index contributed by atoms with van der Waals surface area (Å²) in [6.07, 6.45) is 0. The van der Waals surface area contributed by atoms with Crippen molar-refractivity contribution >= 4 is 22.7 Å². The number of hydrogen-bond donors (Lipinski definition) is 0. The standard InChI is InChI=1S/C8H2F4S2/c9-3-1-2-13-6(3)7-4(10)5(11)8(12)14-7/h1-2H. The van der Waals surface area contributed by atoms with Crippen molar-refractivity contribution in [3.05, 3.63) is 34.0 Å². The lowest BCUT2D eigenvalue weighted by Gasteiger charge is -1.91. The molecule has 2 aromatic heterocycles. The second-order valence-electron chi connectivity index (χ2n) is 2.43. The molecule has 0 spiro atoms. The Bertz CT molecular complexity index is 472. The average Bonchev–Trinajstić information content (AvgIpc) is 2.66. The number of thiophene rings is 2. The molecule has 2 aromatic rings. The average molecular weight is 238 g/mol. The van der Waals surface area contributed by atoms with Crippen LogP contribution in [0.5, 0.6) is 0 Å². The van der Waals surface area contributed by atoms with Crippen LogP contribution >= 0.6 is 22.7 Å². The van der Waals surface area contributed by atoms with Crippen LogP contribution in [-0.4, -0.2) is 0 Å². The first kappa shape index (κ1) is 9.67. The van der Waals surface area contributed by atoms with E-state index in [9.17, 15) is 17.6 Å². The van der Waals surface area contributed by atoms with Crippen LogP contribution in [0.2, 0.25) is 0 Å². The molecule has 0 aliphatic rings. The number of rotatable bonds is 1. The third kappa shape index (κ3) is 1.34. The van der Waals surface area contributed by atoms with Gasteiger partial charge in [-0.15, -0.1) is 11.3 Å². The van der Waals surface area contributed by atoms with E-state index in [0.29, 0.717) is 0 Å². The fourth-order valence-electron chi connectivity index (χ4n) is 0.967. The fraction of sp³-hybridized carbons (Fsp3) is 0. The van der Waals surface area contributed by atoms with E-state index in [-0.39, 0.29) is 21.1 Å². The van der Waals surface area contributed by atoms with Crippen LogP contribution in [-0.2, 0) is 0 Å². The molecule has 0 fully saturated rings. The summed E-state index contributed by atoms with van der Waals surface area (Å²) in [7, 11) is 0. The first-order valence-electron chi connectivity index (χ1n) is 3.48. The first-order chi connectivity index (χ1) is 6.61. The molecule has 0 nitrogen and oxygen atoms in total. The molecular formula is C8H2F4S2. The molecule has 0 N–H and O–H groups in total. The smallest absolute Gasteiger partial charge is 0.205 e. The van der Waals surface area contributed by atoms with E-state index in [1.165, 1.54) is 5.38 Å². The van der Waals surface area contributed by atoms with Gasteiger partial charge in [-0.05, 0) is 11.4 Å². The molecule has 2 rings (SSSR count). The highest BCUT2D eigenvalue weighted by atomic mass is 32.1. The largest absolute Gasteiger partial charge is 0.216 e. The zero-order valence-corrected chi connectivity index (χ0v) is 8.12. The lowest BCUT2D eigenvalue weighted by Crippen LogP contribution is -1.80. The van der Waals surface area contributed by atoms with Gasteiger partial charge in [0.15, 0.2) is 5.82 Å². The molecule has 0 saturated carbocycles. The van der Waals surface area contributed by atoms with Crippen LogP contribution in [0.1, 0.15) is 0 Å². The van der Waals surface area contributed by atoms with Crippen molar-refractivity contribution in [1.82, 2.24) is 0 Å². The van der Waals surface area contributed by atoms with Crippen molar-refractivity contribution in [2.24, 2.45) is 0 Å². The highest BCUT2D eigenvalue weighted by Crippen LogP contribution is 2.37. The van der Waals surface area contributed by atoms with Gasteiger partial charge in [0.2, 0.25) is 10.9 Å². The first-order valence-corrected chi connectivity index (χ1v) is 5.17. The van der Waals surface area contributed by atoms with Crippen LogP contribution in [0, 0.1) is 22.6 Å². The van der Waals surface area contributed by atoms with Gasteiger partial charge in [0, 0.05) is 0 Å². The summed E-state index contributed by atoms with van der Waals surface area (Å²) in [5.41, 5.74) is 0. The third-order valence-electron chi connectivity index (χ3n) is 1.58. The zero-order valence-electron chi connectivity index (χ0n) is 6.48. The van der Waals surface area contributed by atoms with Gasteiger partial charge >= 0.3 is 0 Å². The van der Waals surface area contributed by atoms with Crippen molar-refractivity contribution in [3.63, 3.8) is 0 Å². The molecule has 2 heterocycles. The number of halogens is 4. The molecule has 0 aliphatic heterocycles. The maximum absolute atomic E-state index is 13.0. The molecule has 0 radical (unpaired) electrons. The summed E-state index contributed by atoms with van der Waals surface area (Å²) < 4.78 is 51.2. The van der Waals surface area contributed by atoms with E-state index in [2.05, 4.69) is 0 Å². The van der Waals surface area contributed by atoms with Gasteiger partial charge in [-0.2, -0.15) is 8.78 Å². The molecular weight excluding hydrogens is 236 g/mol. The summed E-state index contributed by atoms with van der Waals surface area (Å²) in [6, 6.07) is 1.12. The molecule has 74 valence electrons. The summed E-state index contributed by atoms with van der Waals surface area (Å²) in [4.78, 5) is -0.400. The molecule has 0 amide bonds. The molecule has 0 bridgehead atoms. The predicted octanol–water partition coefficient (Wildman–Crippen LogP) is 4.03. The monoisotopic (exact) mass is 238 g/mol. The van der Waals surface area contributed by atoms with Crippen LogP contribution < -0.4 is 0 Å². The Morgan fingerprint density at radius 3 is 2.07 bits per heavy atom. The van der Waals surface area contributed by atoms with E-state index < -0.39 is 22.6 Å². The van der Waals surface area contributed by atoms with Gasteiger partial charge in [-0.1, -0.05) is 11.3 Å². The Hall–Kier alpha value is -0.880. The van der Waals surface area contributed by atoms with E-state index in [0.717, 1.165) is 17.4 Å². The van der Waals surface area contributed by atoms with Crippen LogP contribution in [0.3, 0.4) is 0 Å². The maximum Gasteiger partial charge on any atom is 0.216 e. The van der Waals surface area contributed by atoms with Crippen molar-refractivity contribution in [2.45, 2.75) is 0 Å². The van der Waals surface area contributed by atoms with Gasteiger partial charge in [0.05, 0.1) is 9.75 Å². The Labute approximate surface area is 84.4 Å². The highest BCUT2D eigenvalue weighted by molar-refractivity contribution is 7.20. The second-order valence-corrected chi connectivity index (χ2v) is 4.32.